The SMILES string of the molecule is Cc1ccn2c(CN3CCC[C@@H](n4ncc(N5CC[C@H](O)C5)cc4=O)C3)cnc2c1. The minimum Gasteiger partial charge on any atom is -0.391 e. The summed E-state index contributed by atoms with van der Waals surface area (Å²) < 4.78 is 3.78. The number of pyridine rings is 1. The van der Waals surface area contributed by atoms with Crippen LogP contribution in [0.3, 0.4) is 0 Å². The zero-order valence-electron chi connectivity index (χ0n) is 17.3. The van der Waals surface area contributed by atoms with E-state index >= 15 is 0 Å². The van der Waals surface area contributed by atoms with Crippen LogP contribution in [-0.4, -0.2) is 61.5 Å². The summed E-state index contributed by atoms with van der Waals surface area (Å²) in [6.45, 7) is 6.02. The molecule has 30 heavy (non-hydrogen) atoms. The topological polar surface area (TPSA) is 78.9 Å². The normalized spacial score (nSPS) is 22.8. The zero-order chi connectivity index (χ0) is 20.7. The number of anilines is 1. The molecule has 2 aliphatic heterocycles. The standard InChI is InChI=1S/C22H28N6O2/c1-16-4-8-27-19(11-23-21(27)9-16)14-25-6-2-3-17(13-25)28-22(30)10-18(12-24-28)26-7-5-20(29)15-26/h4,8-12,17,20,29H,2-3,5-7,13-15H2,1H3/t17-,20+/m1/s1. The van der Waals surface area contributed by atoms with Gasteiger partial charge in [0.15, 0.2) is 0 Å². The highest BCUT2D eigenvalue weighted by molar-refractivity contribution is 5.44. The second-order valence-electron chi connectivity index (χ2n) is 8.60. The predicted molar refractivity (Wildman–Crippen MR) is 115 cm³/mol. The van der Waals surface area contributed by atoms with Gasteiger partial charge in [-0.15, -0.1) is 0 Å². The van der Waals surface area contributed by atoms with Gasteiger partial charge >= 0.3 is 0 Å². The smallest absolute Gasteiger partial charge is 0.269 e. The van der Waals surface area contributed by atoms with Gasteiger partial charge in [-0.3, -0.25) is 9.69 Å². The molecule has 0 aliphatic carbocycles. The first-order valence-electron chi connectivity index (χ1n) is 10.7. The average Bonchev–Trinajstić information content (AvgIpc) is 3.34. The molecule has 2 fully saturated rings. The molecule has 2 saturated heterocycles. The van der Waals surface area contributed by atoms with Gasteiger partial charge in [0.1, 0.15) is 5.65 Å². The third kappa shape index (κ3) is 3.73. The number of aromatic nitrogens is 4. The van der Waals surface area contributed by atoms with Gasteiger partial charge in [-0.1, -0.05) is 0 Å². The summed E-state index contributed by atoms with van der Waals surface area (Å²) >= 11 is 0. The number of β-amino-alcohol motifs (C(OH)–C–C–N with tert-alkyl or cyclic N) is 1. The quantitative estimate of drug-likeness (QED) is 0.707. The molecule has 0 bridgehead atoms. The molecule has 3 aromatic rings. The van der Waals surface area contributed by atoms with E-state index in [0.717, 1.165) is 62.5 Å². The highest BCUT2D eigenvalue weighted by atomic mass is 16.3. The summed E-state index contributed by atoms with van der Waals surface area (Å²) in [6.07, 6.45) is 8.21. The van der Waals surface area contributed by atoms with Crippen LogP contribution in [0.4, 0.5) is 5.69 Å². The van der Waals surface area contributed by atoms with Crippen LogP contribution >= 0.6 is 0 Å². The molecule has 2 aliphatic rings. The van der Waals surface area contributed by atoms with Crippen molar-refractivity contribution in [3.05, 3.63) is 58.4 Å². The minimum absolute atomic E-state index is 0.0639. The van der Waals surface area contributed by atoms with Crippen molar-refractivity contribution in [1.29, 1.82) is 0 Å². The lowest BCUT2D eigenvalue weighted by Crippen LogP contribution is -2.40. The van der Waals surface area contributed by atoms with Crippen molar-refractivity contribution in [1.82, 2.24) is 24.1 Å². The molecule has 0 spiro atoms. The van der Waals surface area contributed by atoms with E-state index < -0.39 is 0 Å². The Morgan fingerprint density at radius 2 is 2.07 bits per heavy atom. The van der Waals surface area contributed by atoms with Crippen LogP contribution in [0, 0.1) is 6.92 Å². The Balaban J connectivity index is 1.31. The van der Waals surface area contributed by atoms with Crippen molar-refractivity contribution in [2.75, 3.05) is 31.1 Å². The molecular weight excluding hydrogens is 380 g/mol. The van der Waals surface area contributed by atoms with Gasteiger partial charge in [-0.25, -0.2) is 9.67 Å². The molecule has 2 atom stereocenters. The Labute approximate surface area is 175 Å². The monoisotopic (exact) mass is 408 g/mol. The zero-order valence-corrected chi connectivity index (χ0v) is 17.3. The molecule has 5 heterocycles. The fraction of sp³-hybridized carbons (Fsp3) is 0.500. The lowest BCUT2D eigenvalue weighted by Gasteiger charge is -2.33. The maximum atomic E-state index is 12.8. The summed E-state index contributed by atoms with van der Waals surface area (Å²) in [6, 6.07) is 5.93. The van der Waals surface area contributed by atoms with E-state index in [2.05, 4.69) is 44.6 Å². The Bertz CT molecular complexity index is 1110. The summed E-state index contributed by atoms with van der Waals surface area (Å²) in [5, 5.41) is 14.2. The van der Waals surface area contributed by atoms with Crippen LogP contribution < -0.4 is 10.5 Å². The molecule has 5 rings (SSSR count). The summed E-state index contributed by atoms with van der Waals surface area (Å²) in [5.74, 6) is 0. The van der Waals surface area contributed by atoms with Gasteiger partial charge in [0.2, 0.25) is 0 Å². The number of likely N-dealkylation sites (tertiary alicyclic amines) is 1. The van der Waals surface area contributed by atoms with E-state index in [1.807, 2.05) is 11.1 Å². The predicted octanol–water partition coefficient (Wildman–Crippen LogP) is 1.61. The van der Waals surface area contributed by atoms with Gasteiger partial charge < -0.3 is 14.4 Å². The lowest BCUT2D eigenvalue weighted by atomic mass is 10.1. The van der Waals surface area contributed by atoms with E-state index in [0.29, 0.717) is 6.54 Å². The van der Waals surface area contributed by atoms with Gasteiger partial charge in [0.25, 0.3) is 5.56 Å². The second kappa shape index (κ2) is 7.85. The number of aryl methyl sites for hydroxylation is 1. The highest BCUT2D eigenvalue weighted by Gasteiger charge is 2.25. The van der Waals surface area contributed by atoms with E-state index in [1.54, 1.807) is 16.9 Å². The van der Waals surface area contributed by atoms with Gasteiger partial charge in [-0.05, 0) is 50.4 Å². The molecule has 158 valence electrons. The van der Waals surface area contributed by atoms with Crippen molar-refractivity contribution in [3.8, 4) is 0 Å². The summed E-state index contributed by atoms with van der Waals surface area (Å²) in [5.41, 5.74) is 4.08. The lowest BCUT2D eigenvalue weighted by molar-refractivity contribution is 0.158. The van der Waals surface area contributed by atoms with E-state index in [9.17, 15) is 9.90 Å². The number of aliphatic hydroxyl groups is 1. The third-order valence-corrected chi connectivity index (χ3v) is 6.30. The first-order chi connectivity index (χ1) is 14.6. The number of hydrogen-bond acceptors (Lipinski definition) is 6. The van der Waals surface area contributed by atoms with Crippen LogP contribution in [0.2, 0.25) is 0 Å². The number of rotatable bonds is 4. The Hall–Kier alpha value is -2.71. The first kappa shape index (κ1) is 19.3. The van der Waals surface area contributed by atoms with E-state index in [-0.39, 0.29) is 17.7 Å². The fourth-order valence-electron chi connectivity index (χ4n) is 4.69. The van der Waals surface area contributed by atoms with Gasteiger partial charge in [-0.2, -0.15) is 5.10 Å². The van der Waals surface area contributed by atoms with Gasteiger partial charge in [0, 0.05) is 38.4 Å². The van der Waals surface area contributed by atoms with Crippen LogP contribution in [0.15, 0.2) is 41.6 Å². The molecule has 8 nitrogen and oxygen atoms in total. The number of fused-ring (bicyclic) bond motifs is 1. The molecule has 0 unspecified atom stereocenters. The van der Waals surface area contributed by atoms with E-state index in [1.165, 1.54) is 5.56 Å². The van der Waals surface area contributed by atoms with Crippen LogP contribution in [0.5, 0.6) is 0 Å². The number of imidazole rings is 1. The first-order valence-corrected chi connectivity index (χ1v) is 10.7. The molecule has 0 aromatic carbocycles. The molecule has 1 N–H and O–H groups in total. The van der Waals surface area contributed by atoms with Crippen LogP contribution in [0.25, 0.3) is 5.65 Å². The molecular formula is C22H28N6O2. The Kier molecular flexibility index (Phi) is 5.04. The number of piperidine rings is 1. The Morgan fingerprint density at radius 3 is 2.87 bits per heavy atom. The van der Waals surface area contributed by atoms with E-state index in [4.69, 9.17) is 0 Å². The summed E-state index contributed by atoms with van der Waals surface area (Å²) in [7, 11) is 0. The maximum Gasteiger partial charge on any atom is 0.269 e. The number of nitrogens with zero attached hydrogens (tertiary/aromatic N) is 6. The molecule has 0 saturated carbocycles. The minimum atomic E-state index is -0.317. The van der Waals surface area contributed by atoms with Crippen molar-refractivity contribution in [3.63, 3.8) is 0 Å². The molecule has 8 heteroatoms. The van der Waals surface area contributed by atoms with Crippen molar-refractivity contribution in [2.24, 2.45) is 0 Å². The van der Waals surface area contributed by atoms with Crippen LogP contribution in [-0.2, 0) is 6.54 Å². The van der Waals surface area contributed by atoms with Crippen LogP contribution in [0.1, 0.15) is 36.6 Å². The maximum absolute atomic E-state index is 12.8. The largest absolute Gasteiger partial charge is 0.391 e. The second-order valence-corrected chi connectivity index (χ2v) is 8.60. The number of aliphatic hydroxyl groups excluding tert-OH is 1. The summed E-state index contributed by atoms with van der Waals surface area (Å²) in [4.78, 5) is 21.7. The molecule has 0 radical (unpaired) electrons. The number of hydrogen-bond donors (Lipinski definition) is 1. The molecule has 3 aromatic heterocycles. The average molecular weight is 409 g/mol. The Morgan fingerprint density at radius 1 is 1.17 bits per heavy atom. The van der Waals surface area contributed by atoms with Crippen molar-refractivity contribution in [2.45, 2.75) is 44.9 Å². The highest BCUT2D eigenvalue weighted by Crippen LogP contribution is 2.23. The third-order valence-electron chi connectivity index (χ3n) is 6.30. The van der Waals surface area contributed by atoms with Gasteiger partial charge in [0.05, 0.1) is 35.9 Å². The fourth-order valence-corrected chi connectivity index (χ4v) is 4.69. The van der Waals surface area contributed by atoms with Crippen molar-refractivity contribution >= 4 is 11.3 Å². The molecule has 0 amide bonds. The van der Waals surface area contributed by atoms with Crippen molar-refractivity contribution < 1.29 is 5.11 Å².